The molecule has 0 heterocycles. The van der Waals surface area contributed by atoms with E-state index in [1.54, 1.807) is 0 Å². The Morgan fingerprint density at radius 1 is 1.46 bits per heavy atom. The van der Waals surface area contributed by atoms with E-state index in [1.165, 1.54) is 13.8 Å². The van der Waals surface area contributed by atoms with E-state index in [-0.39, 0.29) is 12.8 Å². The van der Waals surface area contributed by atoms with Crippen molar-refractivity contribution in [1.29, 1.82) is 0 Å². The van der Waals surface area contributed by atoms with Crippen molar-refractivity contribution in [3.05, 3.63) is 20.2 Å². The average Bonchev–Trinajstić information content (AvgIpc) is 1.99. The van der Waals surface area contributed by atoms with Gasteiger partial charge in [-0.05, 0) is 11.6 Å². The van der Waals surface area contributed by atoms with E-state index in [9.17, 15) is 20.2 Å². The normalized spacial score (nSPS) is 17.5. The largest absolute Gasteiger partial charge is 0.292 e. The second kappa shape index (κ2) is 4.36. The van der Waals surface area contributed by atoms with E-state index in [0.29, 0.717) is 0 Å². The zero-order valence-electron chi connectivity index (χ0n) is 7.40. The number of nitrogens with zero attached hydrogens (tertiary/aromatic N) is 2. The standard InChI is InChI=1S/C6H11ClN2O4/c1-5(8(10)11)3-4-6(2,7)9(12)13/h5H,3-4H2,1-2H3. The molecule has 0 rings (SSSR count). The van der Waals surface area contributed by atoms with Crippen LogP contribution in [0.3, 0.4) is 0 Å². The van der Waals surface area contributed by atoms with Crippen molar-refractivity contribution in [2.24, 2.45) is 0 Å². The fourth-order valence-electron chi connectivity index (χ4n) is 0.669. The number of halogens is 1. The van der Waals surface area contributed by atoms with Crippen molar-refractivity contribution in [2.75, 3.05) is 0 Å². The molecule has 0 aromatic heterocycles. The molecule has 0 aromatic carbocycles. The number of alkyl halides is 1. The van der Waals surface area contributed by atoms with Crippen molar-refractivity contribution in [2.45, 2.75) is 37.7 Å². The van der Waals surface area contributed by atoms with Crippen LogP contribution >= 0.6 is 11.6 Å². The van der Waals surface area contributed by atoms with Gasteiger partial charge in [0.15, 0.2) is 0 Å². The number of hydrogen-bond acceptors (Lipinski definition) is 4. The molecule has 0 saturated heterocycles. The summed E-state index contributed by atoms with van der Waals surface area (Å²) in [6.45, 7) is 2.63. The molecular formula is C6H11ClN2O4. The van der Waals surface area contributed by atoms with E-state index in [4.69, 9.17) is 11.6 Å². The van der Waals surface area contributed by atoms with Crippen LogP contribution in [0.15, 0.2) is 0 Å². The average molecular weight is 211 g/mol. The maximum atomic E-state index is 10.3. The fourth-order valence-corrected chi connectivity index (χ4v) is 0.778. The lowest BCUT2D eigenvalue weighted by Crippen LogP contribution is -2.30. The van der Waals surface area contributed by atoms with Gasteiger partial charge in [0.1, 0.15) is 0 Å². The molecule has 2 atom stereocenters. The van der Waals surface area contributed by atoms with Crippen molar-refractivity contribution < 1.29 is 9.85 Å². The Morgan fingerprint density at radius 2 is 1.92 bits per heavy atom. The molecule has 0 fully saturated rings. The highest BCUT2D eigenvalue weighted by Gasteiger charge is 2.35. The zero-order chi connectivity index (χ0) is 10.6. The fraction of sp³-hybridized carbons (Fsp3) is 1.00. The SMILES string of the molecule is CC(CCC(C)(Cl)[N+](=O)[O-])[N+](=O)[O-]. The quantitative estimate of drug-likeness (QED) is 0.299. The Bertz CT molecular complexity index is 219. The highest BCUT2D eigenvalue weighted by Crippen LogP contribution is 2.22. The van der Waals surface area contributed by atoms with E-state index < -0.39 is 20.9 Å². The molecule has 2 unspecified atom stereocenters. The molecule has 76 valence electrons. The van der Waals surface area contributed by atoms with Gasteiger partial charge in [-0.3, -0.25) is 20.2 Å². The Balaban J connectivity index is 4.02. The predicted octanol–water partition coefficient (Wildman–Crippen LogP) is 1.66. The molecule has 13 heavy (non-hydrogen) atoms. The first kappa shape index (κ1) is 12.1. The van der Waals surface area contributed by atoms with E-state index in [2.05, 4.69) is 0 Å². The van der Waals surface area contributed by atoms with Crippen LogP contribution in [0.5, 0.6) is 0 Å². The lowest BCUT2D eigenvalue weighted by molar-refractivity contribution is -0.546. The molecule has 0 aliphatic rings. The molecule has 6 nitrogen and oxygen atoms in total. The van der Waals surface area contributed by atoms with Crippen LogP contribution in [0, 0.1) is 20.2 Å². The summed E-state index contributed by atoms with van der Waals surface area (Å²) < 4.78 is 0. The third-order valence-electron chi connectivity index (χ3n) is 1.76. The van der Waals surface area contributed by atoms with Crippen molar-refractivity contribution >= 4 is 11.6 Å². The summed E-state index contributed by atoms with van der Waals surface area (Å²) in [4.78, 5) is 17.8. The second-order valence-electron chi connectivity index (χ2n) is 3.07. The summed E-state index contributed by atoms with van der Waals surface area (Å²) in [6.07, 6.45) is 0.0949. The highest BCUT2D eigenvalue weighted by atomic mass is 35.5. The molecule has 0 aliphatic carbocycles. The van der Waals surface area contributed by atoms with Crippen LogP contribution in [0.25, 0.3) is 0 Å². The minimum absolute atomic E-state index is 0.0102. The molecular weight excluding hydrogens is 200 g/mol. The molecule has 0 radical (unpaired) electrons. The Morgan fingerprint density at radius 3 is 2.23 bits per heavy atom. The van der Waals surface area contributed by atoms with E-state index >= 15 is 0 Å². The maximum Gasteiger partial charge on any atom is 0.292 e. The predicted molar refractivity (Wildman–Crippen MR) is 46.9 cm³/mol. The van der Waals surface area contributed by atoms with Gasteiger partial charge < -0.3 is 0 Å². The third-order valence-corrected chi connectivity index (χ3v) is 2.09. The highest BCUT2D eigenvalue weighted by molar-refractivity contribution is 6.22. The number of hydrogen-bond donors (Lipinski definition) is 0. The summed E-state index contributed by atoms with van der Waals surface area (Å²) in [6, 6.07) is -0.793. The Hall–Kier alpha value is -0.910. The van der Waals surface area contributed by atoms with Crippen molar-refractivity contribution in [1.82, 2.24) is 0 Å². The van der Waals surface area contributed by atoms with Crippen molar-refractivity contribution in [3.8, 4) is 0 Å². The molecule has 0 spiro atoms. The second-order valence-corrected chi connectivity index (χ2v) is 3.89. The van der Waals surface area contributed by atoms with Gasteiger partial charge in [-0.15, -0.1) is 0 Å². The minimum Gasteiger partial charge on any atom is -0.264 e. The lowest BCUT2D eigenvalue weighted by atomic mass is 10.1. The van der Waals surface area contributed by atoms with Gasteiger partial charge >= 0.3 is 0 Å². The van der Waals surface area contributed by atoms with Crippen LogP contribution in [0.1, 0.15) is 26.7 Å². The summed E-state index contributed by atoms with van der Waals surface area (Å²) in [7, 11) is 0. The van der Waals surface area contributed by atoms with Crippen LogP contribution < -0.4 is 0 Å². The molecule has 0 N–H and O–H groups in total. The van der Waals surface area contributed by atoms with Gasteiger partial charge in [0.2, 0.25) is 6.04 Å². The first-order valence-electron chi connectivity index (χ1n) is 3.74. The minimum atomic E-state index is -1.59. The molecule has 0 aliphatic heterocycles. The smallest absolute Gasteiger partial charge is 0.264 e. The summed E-state index contributed by atoms with van der Waals surface area (Å²) >= 11 is 5.50. The molecule has 7 heteroatoms. The first-order chi connectivity index (χ1) is 5.77. The van der Waals surface area contributed by atoms with Gasteiger partial charge in [-0.2, -0.15) is 0 Å². The molecule has 0 bridgehead atoms. The molecule has 0 aromatic rings. The zero-order valence-corrected chi connectivity index (χ0v) is 8.15. The van der Waals surface area contributed by atoms with Crippen LogP contribution in [-0.2, 0) is 0 Å². The topological polar surface area (TPSA) is 86.3 Å². The molecule has 0 saturated carbocycles. The summed E-state index contributed by atoms with van der Waals surface area (Å²) in [5.41, 5.74) is 0. The van der Waals surface area contributed by atoms with Gasteiger partial charge in [0.25, 0.3) is 5.00 Å². The van der Waals surface area contributed by atoms with Gasteiger partial charge in [0, 0.05) is 36.5 Å². The molecule has 0 amide bonds. The van der Waals surface area contributed by atoms with Crippen LogP contribution in [0.2, 0.25) is 0 Å². The van der Waals surface area contributed by atoms with Crippen LogP contribution in [-0.4, -0.2) is 20.9 Å². The Kier molecular flexibility index (Phi) is 4.06. The maximum absolute atomic E-state index is 10.3. The number of nitro groups is 2. The Labute approximate surface area is 80.2 Å². The monoisotopic (exact) mass is 210 g/mol. The number of rotatable bonds is 5. The van der Waals surface area contributed by atoms with Crippen molar-refractivity contribution in [3.63, 3.8) is 0 Å². The van der Waals surface area contributed by atoms with E-state index in [1.807, 2.05) is 0 Å². The lowest BCUT2D eigenvalue weighted by Gasteiger charge is -2.12. The van der Waals surface area contributed by atoms with Gasteiger partial charge in [0.05, 0.1) is 0 Å². The van der Waals surface area contributed by atoms with Crippen LogP contribution in [0.4, 0.5) is 0 Å². The van der Waals surface area contributed by atoms with Gasteiger partial charge in [-0.1, -0.05) is 0 Å². The summed E-state index contributed by atoms with van der Waals surface area (Å²) in [5, 5.41) is 20.5. The van der Waals surface area contributed by atoms with E-state index in [0.717, 1.165) is 0 Å². The first-order valence-corrected chi connectivity index (χ1v) is 4.12. The van der Waals surface area contributed by atoms with Gasteiger partial charge in [-0.25, -0.2) is 0 Å². The summed E-state index contributed by atoms with van der Waals surface area (Å²) in [5.74, 6) is 0. The third kappa shape index (κ3) is 4.02.